The van der Waals surface area contributed by atoms with Gasteiger partial charge in [-0.15, -0.1) is 0 Å². The lowest BCUT2D eigenvalue weighted by Crippen LogP contribution is -2.09. The van der Waals surface area contributed by atoms with Crippen molar-refractivity contribution >= 4 is 34.3 Å². The summed E-state index contributed by atoms with van der Waals surface area (Å²) in [6.07, 6.45) is 5.09. The van der Waals surface area contributed by atoms with Crippen molar-refractivity contribution in [2.45, 2.75) is 6.54 Å². The van der Waals surface area contributed by atoms with Crippen LogP contribution in [0.15, 0.2) is 24.0 Å². The second kappa shape index (κ2) is 4.96. The summed E-state index contributed by atoms with van der Waals surface area (Å²) in [7, 11) is 0. The van der Waals surface area contributed by atoms with Crippen LogP contribution >= 0.6 is 12.2 Å². The standard InChI is InChI=1S/C12H11N5S/c13-4-7-1-2-16-12-10(7)9(6-17-12)3-8(5-14)11(15)18/h1-3,6H,4,13H2,(H2,15,18)(H,16,17). The van der Waals surface area contributed by atoms with E-state index >= 15 is 0 Å². The molecule has 0 saturated heterocycles. The molecule has 18 heavy (non-hydrogen) atoms. The molecule has 0 saturated carbocycles. The average Bonchev–Trinajstić information content (AvgIpc) is 2.78. The van der Waals surface area contributed by atoms with Gasteiger partial charge in [0.1, 0.15) is 16.7 Å². The fourth-order valence-electron chi connectivity index (χ4n) is 1.75. The Morgan fingerprint density at radius 1 is 1.61 bits per heavy atom. The first-order chi connectivity index (χ1) is 8.67. The number of fused-ring (bicyclic) bond motifs is 1. The average molecular weight is 257 g/mol. The molecule has 2 rings (SSSR count). The van der Waals surface area contributed by atoms with Crippen molar-refractivity contribution in [2.24, 2.45) is 11.5 Å². The number of nitriles is 1. The maximum Gasteiger partial charge on any atom is 0.138 e. The molecule has 0 atom stereocenters. The van der Waals surface area contributed by atoms with Crippen LogP contribution in [0.3, 0.4) is 0 Å². The number of hydrogen-bond donors (Lipinski definition) is 3. The van der Waals surface area contributed by atoms with Gasteiger partial charge in [0, 0.05) is 29.9 Å². The van der Waals surface area contributed by atoms with Crippen LogP contribution < -0.4 is 11.5 Å². The Labute approximate surface area is 109 Å². The Balaban J connectivity index is 2.66. The van der Waals surface area contributed by atoms with Crippen LogP contribution in [0.25, 0.3) is 17.1 Å². The molecule has 2 aromatic rings. The SMILES string of the molecule is N#CC(=Cc1c[nH]c2nccc(CN)c12)C(N)=S. The fraction of sp³-hybridized carbons (Fsp3) is 0.0833. The van der Waals surface area contributed by atoms with Crippen molar-refractivity contribution in [3.05, 3.63) is 35.2 Å². The molecule has 0 fully saturated rings. The minimum absolute atomic E-state index is 0.0741. The van der Waals surface area contributed by atoms with Crippen LogP contribution in [0.1, 0.15) is 11.1 Å². The van der Waals surface area contributed by atoms with Gasteiger partial charge < -0.3 is 16.5 Å². The zero-order chi connectivity index (χ0) is 13.1. The summed E-state index contributed by atoms with van der Waals surface area (Å²) in [6.45, 7) is 0.396. The maximum absolute atomic E-state index is 8.96. The lowest BCUT2D eigenvalue weighted by Gasteiger charge is -2.00. The molecule has 5 nitrogen and oxygen atoms in total. The van der Waals surface area contributed by atoms with E-state index < -0.39 is 0 Å². The molecule has 0 aromatic carbocycles. The zero-order valence-electron chi connectivity index (χ0n) is 9.47. The third-order valence-electron chi connectivity index (χ3n) is 2.60. The first kappa shape index (κ1) is 12.2. The van der Waals surface area contributed by atoms with Gasteiger partial charge in [-0.25, -0.2) is 4.98 Å². The summed E-state index contributed by atoms with van der Waals surface area (Å²) < 4.78 is 0. The van der Waals surface area contributed by atoms with Crippen molar-refractivity contribution in [1.29, 1.82) is 5.26 Å². The highest BCUT2D eigenvalue weighted by Crippen LogP contribution is 2.22. The molecule has 2 heterocycles. The van der Waals surface area contributed by atoms with Gasteiger partial charge in [0.2, 0.25) is 0 Å². The van der Waals surface area contributed by atoms with E-state index in [-0.39, 0.29) is 10.6 Å². The van der Waals surface area contributed by atoms with Crippen molar-refractivity contribution < 1.29 is 0 Å². The number of aromatic nitrogens is 2. The van der Waals surface area contributed by atoms with Crippen LogP contribution in [-0.2, 0) is 6.54 Å². The number of nitrogens with two attached hydrogens (primary N) is 2. The molecule has 6 heteroatoms. The van der Waals surface area contributed by atoms with Gasteiger partial charge in [-0.1, -0.05) is 12.2 Å². The number of thiocarbonyl (C=S) groups is 1. The number of nitrogens with one attached hydrogen (secondary N) is 1. The Bertz CT molecular complexity index is 677. The predicted octanol–water partition coefficient (Wildman–Crippen LogP) is 1.21. The number of rotatable bonds is 3. The highest BCUT2D eigenvalue weighted by Gasteiger charge is 2.09. The van der Waals surface area contributed by atoms with Crippen LogP contribution in [0, 0.1) is 11.3 Å². The third-order valence-corrected chi connectivity index (χ3v) is 2.82. The molecule has 90 valence electrons. The summed E-state index contributed by atoms with van der Waals surface area (Å²) in [4.78, 5) is 7.30. The molecule has 0 aliphatic heterocycles. The highest BCUT2D eigenvalue weighted by molar-refractivity contribution is 7.80. The summed E-state index contributed by atoms with van der Waals surface area (Å²) in [5.74, 6) is 0. The van der Waals surface area contributed by atoms with Crippen molar-refractivity contribution in [3.8, 4) is 6.07 Å². The molecule has 0 aliphatic carbocycles. The van der Waals surface area contributed by atoms with Crippen LogP contribution in [0.4, 0.5) is 0 Å². The Morgan fingerprint density at radius 3 is 3.00 bits per heavy atom. The molecule has 0 spiro atoms. The smallest absolute Gasteiger partial charge is 0.138 e. The minimum atomic E-state index is 0.0741. The fourth-order valence-corrected chi connectivity index (χ4v) is 1.85. The monoisotopic (exact) mass is 257 g/mol. The summed E-state index contributed by atoms with van der Waals surface area (Å²) in [6, 6.07) is 3.82. The number of aromatic amines is 1. The Kier molecular flexibility index (Phi) is 3.37. The molecule has 0 unspecified atom stereocenters. The number of nitrogens with zero attached hydrogens (tertiary/aromatic N) is 2. The van der Waals surface area contributed by atoms with Crippen LogP contribution in [-0.4, -0.2) is 15.0 Å². The summed E-state index contributed by atoms with van der Waals surface area (Å²) >= 11 is 4.81. The number of H-pyrrole nitrogens is 1. The van der Waals surface area contributed by atoms with Gasteiger partial charge in [-0.05, 0) is 17.7 Å². The highest BCUT2D eigenvalue weighted by atomic mass is 32.1. The van der Waals surface area contributed by atoms with E-state index in [1.807, 2.05) is 12.1 Å². The largest absolute Gasteiger partial charge is 0.389 e. The molecular formula is C12H11N5S. The lowest BCUT2D eigenvalue weighted by atomic mass is 10.1. The molecular weight excluding hydrogens is 246 g/mol. The van der Waals surface area contributed by atoms with E-state index in [2.05, 4.69) is 9.97 Å². The van der Waals surface area contributed by atoms with Gasteiger partial charge in [-0.2, -0.15) is 5.26 Å². The predicted molar refractivity (Wildman–Crippen MR) is 74.4 cm³/mol. The van der Waals surface area contributed by atoms with Gasteiger partial charge in [-0.3, -0.25) is 0 Å². The minimum Gasteiger partial charge on any atom is -0.389 e. The number of pyridine rings is 1. The second-order valence-electron chi connectivity index (χ2n) is 3.68. The molecule has 2 aromatic heterocycles. The topological polar surface area (TPSA) is 105 Å². The van der Waals surface area contributed by atoms with E-state index in [0.29, 0.717) is 6.54 Å². The van der Waals surface area contributed by atoms with E-state index in [1.54, 1.807) is 18.5 Å². The quantitative estimate of drug-likeness (QED) is 0.435. The van der Waals surface area contributed by atoms with E-state index in [1.165, 1.54) is 0 Å². The van der Waals surface area contributed by atoms with Gasteiger partial charge in [0.15, 0.2) is 0 Å². The van der Waals surface area contributed by atoms with Crippen molar-refractivity contribution in [1.82, 2.24) is 9.97 Å². The van der Waals surface area contributed by atoms with Gasteiger partial charge in [0.05, 0.1) is 5.57 Å². The van der Waals surface area contributed by atoms with Gasteiger partial charge in [0.25, 0.3) is 0 Å². The van der Waals surface area contributed by atoms with E-state index in [4.69, 9.17) is 28.9 Å². The molecule has 0 radical (unpaired) electrons. The maximum atomic E-state index is 8.96. The molecule has 0 amide bonds. The second-order valence-corrected chi connectivity index (χ2v) is 4.12. The summed E-state index contributed by atoms with van der Waals surface area (Å²) in [5.41, 5.74) is 13.9. The molecule has 5 N–H and O–H groups in total. The third kappa shape index (κ3) is 2.09. The van der Waals surface area contributed by atoms with E-state index in [0.717, 1.165) is 22.2 Å². The van der Waals surface area contributed by atoms with E-state index in [9.17, 15) is 0 Å². The summed E-state index contributed by atoms with van der Waals surface area (Å²) in [5, 5.41) is 9.85. The lowest BCUT2D eigenvalue weighted by molar-refractivity contribution is 1.08. The van der Waals surface area contributed by atoms with Crippen LogP contribution in [0.5, 0.6) is 0 Å². The Morgan fingerprint density at radius 2 is 2.39 bits per heavy atom. The normalized spacial score (nSPS) is 11.4. The molecule has 0 aliphatic rings. The van der Waals surface area contributed by atoms with Crippen molar-refractivity contribution in [2.75, 3.05) is 0 Å². The van der Waals surface area contributed by atoms with Gasteiger partial charge >= 0.3 is 0 Å². The number of hydrogen-bond acceptors (Lipinski definition) is 4. The zero-order valence-corrected chi connectivity index (χ0v) is 10.3. The molecule has 0 bridgehead atoms. The van der Waals surface area contributed by atoms with Crippen LogP contribution in [0.2, 0.25) is 0 Å². The Hall–Kier alpha value is -2.23. The first-order valence-electron chi connectivity index (χ1n) is 5.24. The van der Waals surface area contributed by atoms with Crippen molar-refractivity contribution in [3.63, 3.8) is 0 Å². The first-order valence-corrected chi connectivity index (χ1v) is 5.64.